The largest absolute Gasteiger partial charge is 0.369 e. The van der Waals surface area contributed by atoms with E-state index in [0.29, 0.717) is 6.42 Å². The molecule has 21 heavy (non-hydrogen) atoms. The highest BCUT2D eigenvalue weighted by atomic mass is 32.1. The molecule has 0 aliphatic heterocycles. The Hall–Kier alpha value is -1.75. The van der Waals surface area contributed by atoms with Crippen LogP contribution in [0.15, 0.2) is 35.7 Å². The van der Waals surface area contributed by atoms with Crippen LogP contribution in [0.5, 0.6) is 0 Å². The first-order valence-corrected chi connectivity index (χ1v) is 8.14. The number of rotatable bonds is 7. The molecular weight excluding hydrogens is 282 g/mol. The Labute approximate surface area is 130 Å². The van der Waals surface area contributed by atoms with Gasteiger partial charge in [0.05, 0.1) is 12.1 Å². The van der Waals surface area contributed by atoms with Gasteiger partial charge in [0.2, 0.25) is 5.91 Å². The molecule has 0 saturated heterocycles. The van der Waals surface area contributed by atoms with Crippen LogP contribution in [0.2, 0.25) is 0 Å². The molecule has 5 heteroatoms. The minimum atomic E-state index is -0.286. The van der Waals surface area contributed by atoms with Crippen molar-refractivity contribution < 1.29 is 4.79 Å². The number of carbonyl (C=O) groups excluding carboxylic acids is 1. The second-order valence-electron chi connectivity index (χ2n) is 4.84. The van der Waals surface area contributed by atoms with Crippen LogP contribution in [0.3, 0.4) is 0 Å². The van der Waals surface area contributed by atoms with Gasteiger partial charge in [0.15, 0.2) is 0 Å². The summed E-state index contributed by atoms with van der Waals surface area (Å²) in [7, 11) is 0. The lowest BCUT2D eigenvalue weighted by atomic mass is 10.1. The highest BCUT2D eigenvalue weighted by Gasteiger charge is 1.95. The summed E-state index contributed by atoms with van der Waals surface area (Å²) in [6.45, 7) is 2.23. The summed E-state index contributed by atoms with van der Waals surface area (Å²) in [5.74, 6) is -0.286. The Morgan fingerprint density at radius 3 is 2.52 bits per heavy atom. The van der Waals surface area contributed by atoms with Gasteiger partial charge in [0.1, 0.15) is 0 Å². The van der Waals surface area contributed by atoms with Gasteiger partial charge in [-0.25, -0.2) is 0 Å². The lowest BCUT2D eigenvalue weighted by Crippen LogP contribution is -2.13. The zero-order valence-corrected chi connectivity index (χ0v) is 13.3. The Morgan fingerprint density at radius 2 is 1.95 bits per heavy atom. The molecular formula is C16H23N3OS. The van der Waals surface area contributed by atoms with Gasteiger partial charge in [-0.1, -0.05) is 61.0 Å². The average Bonchev–Trinajstić information content (AvgIpc) is 2.98. The topological polar surface area (TPSA) is 68.9 Å². The number of primary amides is 1. The Bertz CT molecular complexity index is 485. The van der Waals surface area contributed by atoms with Crippen LogP contribution in [0, 0.1) is 0 Å². The van der Waals surface area contributed by atoms with Crippen LogP contribution < -0.4 is 5.73 Å². The van der Waals surface area contributed by atoms with Gasteiger partial charge in [-0.2, -0.15) is 0 Å². The SMILES string of the molecule is CCCCCCc1csnn1.NC(=O)Cc1ccccc1. The molecule has 2 rings (SSSR count). The molecule has 1 heterocycles. The van der Waals surface area contributed by atoms with E-state index in [4.69, 9.17) is 5.73 Å². The van der Waals surface area contributed by atoms with E-state index in [2.05, 4.69) is 16.5 Å². The minimum absolute atomic E-state index is 0.286. The number of benzene rings is 1. The predicted molar refractivity (Wildman–Crippen MR) is 87.1 cm³/mol. The minimum Gasteiger partial charge on any atom is -0.369 e. The van der Waals surface area contributed by atoms with Gasteiger partial charge in [-0.05, 0) is 29.9 Å². The maximum absolute atomic E-state index is 10.4. The van der Waals surface area contributed by atoms with Crippen molar-refractivity contribution in [1.82, 2.24) is 9.59 Å². The second-order valence-corrected chi connectivity index (χ2v) is 5.45. The summed E-state index contributed by atoms with van der Waals surface area (Å²) in [5, 5.41) is 6.02. The molecule has 2 aromatic rings. The van der Waals surface area contributed by atoms with E-state index in [1.165, 1.54) is 37.2 Å². The summed E-state index contributed by atoms with van der Waals surface area (Å²) < 4.78 is 3.81. The molecule has 114 valence electrons. The van der Waals surface area contributed by atoms with Crippen molar-refractivity contribution in [1.29, 1.82) is 0 Å². The summed E-state index contributed by atoms with van der Waals surface area (Å²) in [6, 6.07) is 9.44. The fourth-order valence-corrected chi connectivity index (χ4v) is 2.31. The molecule has 0 spiro atoms. The number of hydrogen-bond acceptors (Lipinski definition) is 4. The molecule has 0 atom stereocenters. The third kappa shape index (κ3) is 8.92. The summed E-state index contributed by atoms with van der Waals surface area (Å²) in [6.07, 6.45) is 6.68. The number of hydrogen-bond donors (Lipinski definition) is 1. The number of carbonyl (C=O) groups is 1. The van der Waals surface area contributed by atoms with E-state index in [1.807, 2.05) is 35.7 Å². The highest BCUT2D eigenvalue weighted by molar-refractivity contribution is 7.03. The molecule has 0 radical (unpaired) electrons. The highest BCUT2D eigenvalue weighted by Crippen LogP contribution is 2.05. The van der Waals surface area contributed by atoms with Crippen molar-refractivity contribution in [3.8, 4) is 0 Å². The molecule has 0 aliphatic carbocycles. The molecule has 0 fully saturated rings. The summed E-state index contributed by atoms with van der Waals surface area (Å²) >= 11 is 1.44. The zero-order valence-electron chi connectivity index (χ0n) is 12.5. The number of unbranched alkanes of at least 4 members (excludes halogenated alkanes) is 3. The molecule has 1 amide bonds. The van der Waals surface area contributed by atoms with E-state index in [1.54, 1.807) is 0 Å². The first-order chi connectivity index (χ1) is 10.2. The van der Waals surface area contributed by atoms with Crippen LogP contribution >= 0.6 is 11.5 Å². The summed E-state index contributed by atoms with van der Waals surface area (Å²) in [5.41, 5.74) is 7.11. The fourth-order valence-electron chi connectivity index (χ4n) is 1.82. The van der Waals surface area contributed by atoms with E-state index in [0.717, 1.165) is 17.7 Å². The number of nitrogens with two attached hydrogens (primary N) is 1. The molecule has 0 unspecified atom stereocenters. The molecule has 1 aromatic carbocycles. The van der Waals surface area contributed by atoms with E-state index in [-0.39, 0.29) is 5.91 Å². The second kappa shape index (κ2) is 11.0. The van der Waals surface area contributed by atoms with Crippen molar-refractivity contribution in [3.63, 3.8) is 0 Å². The number of nitrogens with zero attached hydrogens (tertiary/aromatic N) is 2. The van der Waals surface area contributed by atoms with Gasteiger partial charge in [-0.15, -0.1) is 5.10 Å². The Morgan fingerprint density at radius 1 is 1.19 bits per heavy atom. The first kappa shape index (κ1) is 17.3. The average molecular weight is 305 g/mol. The maximum atomic E-state index is 10.4. The Balaban J connectivity index is 0.000000211. The van der Waals surface area contributed by atoms with E-state index < -0.39 is 0 Å². The predicted octanol–water partition coefficient (Wildman–Crippen LogP) is 3.38. The molecule has 2 N–H and O–H groups in total. The van der Waals surface area contributed by atoms with Crippen molar-refractivity contribution in [2.75, 3.05) is 0 Å². The third-order valence-corrected chi connectivity index (χ3v) is 3.47. The van der Waals surface area contributed by atoms with Crippen LogP contribution in [0.25, 0.3) is 0 Å². The Kier molecular flexibility index (Phi) is 9.04. The number of aromatic nitrogens is 2. The first-order valence-electron chi connectivity index (χ1n) is 7.30. The van der Waals surface area contributed by atoms with Gasteiger partial charge in [-0.3, -0.25) is 4.79 Å². The molecule has 0 saturated carbocycles. The van der Waals surface area contributed by atoms with Crippen LogP contribution in [-0.2, 0) is 17.6 Å². The van der Waals surface area contributed by atoms with Crippen molar-refractivity contribution in [2.24, 2.45) is 5.73 Å². The normalized spacial score (nSPS) is 9.76. The van der Waals surface area contributed by atoms with Crippen molar-refractivity contribution in [3.05, 3.63) is 47.0 Å². The van der Waals surface area contributed by atoms with Gasteiger partial charge < -0.3 is 5.73 Å². The standard InChI is InChI=1S/C8H14N2S.C8H9NO/c1-2-3-4-5-6-8-7-11-10-9-8;9-8(10)6-7-4-2-1-3-5-7/h7H,2-6H2,1H3;1-5H,6H2,(H2,9,10). The molecule has 1 aromatic heterocycles. The van der Waals surface area contributed by atoms with Gasteiger partial charge in [0.25, 0.3) is 0 Å². The number of amides is 1. The zero-order chi connectivity index (χ0) is 15.3. The number of aryl methyl sites for hydroxylation is 1. The quantitative estimate of drug-likeness (QED) is 0.797. The lowest BCUT2D eigenvalue weighted by molar-refractivity contribution is -0.117. The van der Waals surface area contributed by atoms with Crippen LogP contribution in [0.1, 0.15) is 43.9 Å². The molecule has 0 bridgehead atoms. The fraction of sp³-hybridized carbons (Fsp3) is 0.438. The molecule has 4 nitrogen and oxygen atoms in total. The van der Waals surface area contributed by atoms with Gasteiger partial charge in [0, 0.05) is 5.38 Å². The van der Waals surface area contributed by atoms with Crippen molar-refractivity contribution in [2.45, 2.75) is 45.4 Å². The van der Waals surface area contributed by atoms with Crippen LogP contribution in [-0.4, -0.2) is 15.5 Å². The summed E-state index contributed by atoms with van der Waals surface area (Å²) in [4.78, 5) is 10.4. The van der Waals surface area contributed by atoms with E-state index in [9.17, 15) is 4.79 Å². The maximum Gasteiger partial charge on any atom is 0.221 e. The van der Waals surface area contributed by atoms with Crippen LogP contribution in [0.4, 0.5) is 0 Å². The smallest absolute Gasteiger partial charge is 0.221 e. The van der Waals surface area contributed by atoms with Crippen molar-refractivity contribution >= 4 is 17.4 Å². The van der Waals surface area contributed by atoms with Gasteiger partial charge >= 0.3 is 0 Å². The molecule has 0 aliphatic rings. The monoisotopic (exact) mass is 305 g/mol. The third-order valence-electron chi connectivity index (χ3n) is 2.91. The lowest BCUT2D eigenvalue weighted by Gasteiger charge is -1.94. The van der Waals surface area contributed by atoms with E-state index >= 15 is 0 Å².